The SMILES string of the molecule is NS(=O)(=O)c1ccc(N2CCN(c3nc4cnccc4s3)CC2)cc1. The topological polar surface area (TPSA) is 92.4 Å². The van der Waals surface area contributed by atoms with E-state index in [4.69, 9.17) is 5.14 Å². The molecule has 0 spiro atoms. The Kier molecular flexibility index (Phi) is 4.06. The predicted octanol–water partition coefficient (Wildman–Crippen LogP) is 1.67. The van der Waals surface area contributed by atoms with Gasteiger partial charge in [0.2, 0.25) is 10.0 Å². The number of pyridine rings is 1. The first kappa shape index (κ1) is 16.2. The monoisotopic (exact) mass is 375 g/mol. The zero-order chi connectivity index (χ0) is 17.4. The summed E-state index contributed by atoms with van der Waals surface area (Å²) in [6, 6.07) is 8.70. The van der Waals surface area contributed by atoms with Crippen LogP contribution in [0.2, 0.25) is 0 Å². The number of thiazole rings is 1. The van der Waals surface area contributed by atoms with Gasteiger partial charge in [0, 0.05) is 38.1 Å². The largest absolute Gasteiger partial charge is 0.368 e. The highest BCUT2D eigenvalue weighted by molar-refractivity contribution is 7.89. The second kappa shape index (κ2) is 6.25. The van der Waals surface area contributed by atoms with Crippen LogP contribution in [-0.2, 0) is 10.0 Å². The Labute approximate surface area is 149 Å². The van der Waals surface area contributed by atoms with E-state index in [1.807, 2.05) is 6.07 Å². The van der Waals surface area contributed by atoms with Gasteiger partial charge >= 0.3 is 0 Å². The molecular formula is C16H17N5O2S2. The molecule has 7 nitrogen and oxygen atoms in total. The maximum Gasteiger partial charge on any atom is 0.238 e. The molecule has 0 unspecified atom stereocenters. The molecule has 2 aromatic heterocycles. The third-order valence-electron chi connectivity index (χ3n) is 4.26. The van der Waals surface area contributed by atoms with Crippen LogP contribution in [0.5, 0.6) is 0 Å². The van der Waals surface area contributed by atoms with Crippen LogP contribution in [0.1, 0.15) is 0 Å². The molecule has 4 rings (SSSR count). The lowest BCUT2D eigenvalue weighted by Gasteiger charge is -2.36. The van der Waals surface area contributed by atoms with E-state index in [-0.39, 0.29) is 4.90 Å². The summed E-state index contributed by atoms with van der Waals surface area (Å²) in [6.45, 7) is 3.43. The van der Waals surface area contributed by atoms with Gasteiger partial charge < -0.3 is 9.80 Å². The quantitative estimate of drug-likeness (QED) is 0.749. The summed E-state index contributed by atoms with van der Waals surface area (Å²) < 4.78 is 23.8. The number of benzene rings is 1. The summed E-state index contributed by atoms with van der Waals surface area (Å²) in [6.07, 6.45) is 3.58. The number of hydrogen-bond acceptors (Lipinski definition) is 7. The van der Waals surface area contributed by atoms with E-state index in [0.29, 0.717) is 0 Å². The highest BCUT2D eigenvalue weighted by Gasteiger charge is 2.20. The van der Waals surface area contributed by atoms with Gasteiger partial charge in [-0.1, -0.05) is 11.3 Å². The first-order valence-corrected chi connectivity index (χ1v) is 10.2. The van der Waals surface area contributed by atoms with Gasteiger partial charge in [-0.3, -0.25) is 4.98 Å². The molecule has 0 amide bonds. The number of anilines is 2. The third-order valence-corrected chi connectivity index (χ3v) is 6.29. The summed E-state index contributed by atoms with van der Waals surface area (Å²) in [5, 5.41) is 6.16. The second-order valence-corrected chi connectivity index (χ2v) is 8.42. The number of aromatic nitrogens is 2. The van der Waals surface area contributed by atoms with Crippen LogP contribution in [0.15, 0.2) is 47.6 Å². The van der Waals surface area contributed by atoms with Crippen molar-refractivity contribution in [2.75, 3.05) is 36.0 Å². The average molecular weight is 375 g/mol. The number of sulfonamides is 1. The Bertz CT molecular complexity index is 960. The van der Waals surface area contributed by atoms with Gasteiger partial charge in [-0.05, 0) is 30.3 Å². The maximum absolute atomic E-state index is 11.3. The Morgan fingerprint density at radius 2 is 1.68 bits per heavy atom. The van der Waals surface area contributed by atoms with Crippen LogP contribution in [0.3, 0.4) is 0 Å². The van der Waals surface area contributed by atoms with E-state index in [0.717, 1.165) is 47.2 Å². The van der Waals surface area contributed by atoms with Crippen molar-refractivity contribution in [3.8, 4) is 0 Å². The summed E-state index contributed by atoms with van der Waals surface area (Å²) in [5.74, 6) is 0. The number of nitrogens with two attached hydrogens (primary N) is 1. The summed E-state index contributed by atoms with van der Waals surface area (Å²) >= 11 is 1.68. The highest BCUT2D eigenvalue weighted by atomic mass is 32.2. The van der Waals surface area contributed by atoms with Crippen LogP contribution < -0.4 is 14.9 Å². The van der Waals surface area contributed by atoms with Crippen LogP contribution in [0.4, 0.5) is 10.8 Å². The first-order valence-electron chi connectivity index (χ1n) is 7.84. The van der Waals surface area contributed by atoms with Crippen molar-refractivity contribution in [2.24, 2.45) is 5.14 Å². The van der Waals surface area contributed by atoms with E-state index in [1.54, 1.807) is 48.0 Å². The third kappa shape index (κ3) is 3.30. The summed E-state index contributed by atoms with van der Waals surface area (Å²) in [7, 11) is -3.65. The summed E-state index contributed by atoms with van der Waals surface area (Å²) in [4.78, 5) is 13.4. The molecule has 1 aliphatic rings. The molecule has 0 saturated carbocycles. The molecule has 1 saturated heterocycles. The van der Waals surface area contributed by atoms with Gasteiger partial charge in [0.15, 0.2) is 5.13 Å². The number of primary sulfonamides is 1. The van der Waals surface area contributed by atoms with Gasteiger partial charge in [0.25, 0.3) is 0 Å². The molecule has 9 heteroatoms. The Morgan fingerprint density at radius 3 is 2.32 bits per heavy atom. The van der Waals surface area contributed by atoms with Crippen molar-refractivity contribution in [1.82, 2.24) is 9.97 Å². The normalized spacial score (nSPS) is 15.7. The maximum atomic E-state index is 11.3. The van der Waals surface area contributed by atoms with E-state index in [1.165, 1.54) is 0 Å². The number of hydrogen-bond donors (Lipinski definition) is 1. The molecule has 1 aliphatic heterocycles. The fourth-order valence-corrected chi connectivity index (χ4v) is 4.41. The summed E-state index contributed by atoms with van der Waals surface area (Å²) in [5.41, 5.74) is 1.93. The molecule has 130 valence electrons. The van der Waals surface area contributed by atoms with Crippen molar-refractivity contribution < 1.29 is 8.42 Å². The molecule has 1 aromatic carbocycles. The standard InChI is InChI=1S/C16H17N5O2S2/c17-25(22,23)13-3-1-12(2-4-13)20-7-9-21(10-8-20)16-19-14-11-18-6-5-15(14)24-16/h1-6,11H,7-10H2,(H2,17,22,23). The van der Waals surface area contributed by atoms with Gasteiger partial charge in [-0.15, -0.1) is 0 Å². The van der Waals surface area contributed by atoms with Gasteiger partial charge in [-0.2, -0.15) is 0 Å². The molecule has 2 N–H and O–H groups in total. The van der Waals surface area contributed by atoms with Gasteiger partial charge in [-0.25, -0.2) is 18.5 Å². The minimum atomic E-state index is -3.65. The lowest BCUT2D eigenvalue weighted by atomic mass is 10.2. The average Bonchev–Trinajstić information content (AvgIpc) is 3.05. The van der Waals surface area contributed by atoms with E-state index >= 15 is 0 Å². The predicted molar refractivity (Wildman–Crippen MR) is 99.7 cm³/mol. The molecule has 0 bridgehead atoms. The van der Waals surface area contributed by atoms with Crippen molar-refractivity contribution in [3.63, 3.8) is 0 Å². The molecular weight excluding hydrogens is 358 g/mol. The molecule has 0 aliphatic carbocycles. The Hall–Kier alpha value is -2.23. The van der Waals surface area contributed by atoms with E-state index < -0.39 is 10.0 Å². The highest BCUT2D eigenvalue weighted by Crippen LogP contribution is 2.29. The van der Waals surface area contributed by atoms with E-state index in [2.05, 4.69) is 19.8 Å². The van der Waals surface area contributed by atoms with E-state index in [9.17, 15) is 8.42 Å². The zero-order valence-electron chi connectivity index (χ0n) is 13.4. The van der Waals surface area contributed by atoms with Crippen molar-refractivity contribution in [1.29, 1.82) is 0 Å². The van der Waals surface area contributed by atoms with Crippen LogP contribution in [0.25, 0.3) is 10.2 Å². The van der Waals surface area contributed by atoms with Crippen LogP contribution >= 0.6 is 11.3 Å². The number of rotatable bonds is 3. The number of fused-ring (bicyclic) bond motifs is 1. The first-order chi connectivity index (χ1) is 12.0. The lowest BCUT2D eigenvalue weighted by Crippen LogP contribution is -2.46. The molecule has 1 fully saturated rings. The van der Waals surface area contributed by atoms with Crippen LogP contribution in [0, 0.1) is 0 Å². The number of piperazine rings is 1. The molecule has 3 heterocycles. The lowest BCUT2D eigenvalue weighted by molar-refractivity contribution is 0.597. The van der Waals surface area contributed by atoms with Gasteiger partial charge in [0.05, 0.1) is 15.8 Å². The van der Waals surface area contributed by atoms with Gasteiger partial charge in [0.1, 0.15) is 5.52 Å². The minimum absolute atomic E-state index is 0.137. The van der Waals surface area contributed by atoms with Crippen molar-refractivity contribution in [2.45, 2.75) is 4.90 Å². The minimum Gasteiger partial charge on any atom is -0.368 e. The van der Waals surface area contributed by atoms with Crippen LogP contribution in [-0.4, -0.2) is 44.6 Å². The fourth-order valence-electron chi connectivity index (χ4n) is 2.91. The molecule has 3 aromatic rings. The zero-order valence-corrected chi connectivity index (χ0v) is 15.0. The van der Waals surface area contributed by atoms with Crippen molar-refractivity contribution in [3.05, 3.63) is 42.7 Å². The molecule has 0 atom stereocenters. The number of nitrogens with zero attached hydrogens (tertiary/aromatic N) is 4. The molecule has 0 radical (unpaired) electrons. The Morgan fingerprint density at radius 1 is 1.00 bits per heavy atom. The second-order valence-electron chi connectivity index (χ2n) is 5.85. The van der Waals surface area contributed by atoms with Crippen molar-refractivity contribution >= 4 is 42.4 Å². The Balaban J connectivity index is 1.46. The smallest absolute Gasteiger partial charge is 0.238 e. The molecule has 25 heavy (non-hydrogen) atoms. The fraction of sp³-hybridized carbons (Fsp3) is 0.250.